The maximum absolute atomic E-state index is 12.6. The van der Waals surface area contributed by atoms with Crippen LogP contribution in [0.2, 0.25) is 0 Å². The van der Waals surface area contributed by atoms with E-state index >= 15 is 0 Å². The molecule has 1 aliphatic heterocycles. The Kier molecular flexibility index (Phi) is 6.87. The SMILES string of the molecule is CN=C(NCC(=O)N(C)C)NC1CCN(C(=O)C2CCCCC2)C1. The molecule has 0 aromatic heterocycles. The summed E-state index contributed by atoms with van der Waals surface area (Å²) in [6, 6.07) is 0.193. The van der Waals surface area contributed by atoms with Crippen molar-refractivity contribution in [3.63, 3.8) is 0 Å². The van der Waals surface area contributed by atoms with E-state index in [4.69, 9.17) is 0 Å². The molecule has 2 amide bonds. The molecule has 0 aromatic carbocycles. The summed E-state index contributed by atoms with van der Waals surface area (Å²) in [6.45, 7) is 1.74. The minimum Gasteiger partial charge on any atom is -0.352 e. The van der Waals surface area contributed by atoms with Gasteiger partial charge in [0.2, 0.25) is 11.8 Å². The summed E-state index contributed by atoms with van der Waals surface area (Å²) in [4.78, 5) is 31.9. The van der Waals surface area contributed by atoms with Crippen LogP contribution in [0.15, 0.2) is 4.99 Å². The van der Waals surface area contributed by atoms with Gasteiger partial charge >= 0.3 is 0 Å². The molecule has 0 bridgehead atoms. The molecule has 1 aliphatic carbocycles. The third-order valence-electron chi connectivity index (χ3n) is 4.92. The number of likely N-dealkylation sites (N-methyl/N-ethyl adjacent to an activating group) is 1. The molecule has 7 heteroatoms. The first-order chi connectivity index (χ1) is 11.5. The second-order valence-electron chi connectivity index (χ2n) is 6.96. The molecule has 2 fully saturated rings. The molecule has 7 nitrogen and oxygen atoms in total. The fraction of sp³-hybridized carbons (Fsp3) is 0.824. The zero-order valence-corrected chi connectivity index (χ0v) is 15.2. The number of hydrogen-bond donors (Lipinski definition) is 2. The van der Waals surface area contributed by atoms with E-state index in [9.17, 15) is 9.59 Å². The van der Waals surface area contributed by atoms with Crippen LogP contribution in [-0.4, -0.2) is 74.4 Å². The lowest BCUT2D eigenvalue weighted by molar-refractivity contribution is -0.135. The second kappa shape index (κ2) is 8.89. The first-order valence-electron chi connectivity index (χ1n) is 8.97. The Balaban J connectivity index is 1.77. The summed E-state index contributed by atoms with van der Waals surface area (Å²) in [7, 11) is 5.15. The molecule has 0 radical (unpaired) electrons. The second-order valence-corrected chi connectivity index (χ2v) is 6.96. The Morgan fingerprint density at radius 2 is 1.88 bits per heavy atom. The zero-order valence-electron chi connectivity index (χ0n) is 15.2. The van der Waals surface area contributed by atoms with Crippen LogP contribution in [0.4, 0.5) is 0 Å². The van der Waals surface area contributed by atoms with Gasteiger partial charge in [0.05, 0.1) is 6.54 Å². The highest BCUT2D eigenvalue weighted by atomic mass is 16.2. The molecule has 1 atom stereocenters. The lowest BCUT2D eigenvalue weighted by atomic mass is 9.88. The summed E-state index contributed by atoms with van der Waals surface area (Å²) in [6.07, 6.45) is 6.64. The molecule has 2 N–H and O–H groups in total. The summed E-state index contributed by atoms with van der Waals surface area (Å²) in [5.74, 6) is 1.16. The highest BCUT2D eigenvalue weighted by molar-refractivity contribution is 5.86. The lowest BCUT2D eigenvalue weighted by Gasteiger charge is -2.26. The number of likely N-dealkylation sites (tertiary alicyclic amines) is 1. The van der Waals surface area contributed by atoms with Crippen LogP contribution in [0, 0.1) is 5.92 Å². The molecule has 2 aliphatic rings. The Hall–Kier alpha value is -1.79. The lowest BCUT2D eigenvalue weighted by Crippen LogP contribution is -2.48. The number of amides is 2. The van der Waals surface area contributed by atoms with E-state index in [0.717, 1.165) is 32.4 Å². The molecule has 1 saturated heterocycles. The van der Waals surface area contributed by atoms with Gasteiger partial charge in [-0.1, -0.05) is 19.3 Å². The van der Waals surface area contributed by atoms with Crippen LogP contribution in [-0.2, 0) is 9.59 Å². The Morgan fingerprint density at radius 3 is 2.50 bits per heavy atom. The molecule has 2 rings (SSSR count). The summed E-state index contributed by atoms with van der Waals surface area (Å²) in [5, 5.41) is 6.35. The van der Waals surface area contributed by atoms with Crippen LogP contribution in [0.25, 0.3) is 0 Å². The number of aliphatic imine (C=N–C) groups is 1. The molecule has 0 spiro atoms. The van der Waals surface area contributed by atoms with Gasteiger partial charge in [-0.25, -0.2) is 0 Å². The van der Waals surface area contributed by atoms with Crippen molar-refractivity contribution in [3.05, 3.63) is 0 Å². The third-order valence-corrected chi connectivity index (χ3v) is 4.92. The Morgan fingerprint density at radius 1 is 1.17 bits per heavy atom. The highest BCUT2D eigenvalue weighted by Crippen LogP contribution is 2.26. The number of nitrogens with zero attached hydrogens (tertiary/aromatic N) is 3. The fourth-order valence-electron chi connectivity index (χ4n) is 3.39. The van der Waals surface area contributed by atoms with Crippen LogP contribution in [0.3, 0.4) is 0 Å². The van der Waals surface area contributed by atoms with E-state index in [0.29, 0.717) is 11.9 Å². The number of carbonyl (C=O) groups is 2. The van der Waals surface area contributed by atoms with E-state index in [1.165, 1.54) is 19.3 Å². The van der Waals surface area contributed by atoms with Gasteiger partial charge in [0.15, 0.2) is 5.96 Å². The minimum atomic E-state index is -0.00141. The van der Waals surface area contributed by atoms with Gasteiger partial charge < -0.3 is 20.4 Å². The fourth-order valence-corrected chi connectivity index (χ4v) is 3.39. The van der Waals surface area contributed by atoms with E-state index < -0.39 is 0 Å². The normalized spacial score (nSPS) is 22.4. The first-order valence-corrected chi connectivity index (χ1v) is 8.97. The monoisotopic (exact) mass is 337 g/mol. The van der Waals surface area contributed by atoms with E-state index in [1.807, 2.05) is 4.90 Å². The molecule has 1 saturated carbocycles. The number of guanidine groups is 1. The molecule has 1 unspecified atom stereocenters. The highest BCUT2D eigenvalue weighted by Gasteiger charge is 2.31. The van der Waals surface area contributed by atoms with Crippen LogP contribution in [0.5, 0.6) is 0 Å². The van der Waals surface area contributed by atoms with Crippen molar-refractivity contribution in [1.82, 2.24) is 20.4 Å². The minimum absolute atomic E-state index is 0.00141. The topological polar surface area (TPSA) is 77.0 Å². The van der Waals surface area contributed by atoms with Gasteiger partial charge in [-0.3, -0.25) is 14.6 Å². The van der Waals surface area contributed by atoms with Crippen molar-refractivity contribution in [1.29, 1.82) is 0 Å². The van der Waals surface area contributed by atoms with Gasteiger partial charge in [0.25, 0.3) is 0 Å². The van der Waals surface area contributed by atoms with E-state index in [2.05, 4.69) is 15.6 Å². The van der Waals surface area contributed by atoms with Crippen molar-refractivity contribution in [2.75, 3.05) is 40.8 Å². The third kappa shape index (κ3) is 5.11. The molecular formula is C17H31N5O2. The number of hydrogen-bond acceptors (Lipinski definition) is 3. The average molecular weight is 337 g/mol. The first kappa shape index (κ1) is 18.5. The Bertz CT molecular complexity index is 472. The molecule has 0 aromatic rings. The molecular weight excluding hydrogens is 306 g/mol. The molecule has 1 heterocycles. The van der Waals surface area contributed by atoms with Gasteiger partial charge in [0, 0.05) is 46.2 Å². The summed E-state index contributed by atoms with van der Waals surface area (Å²) < 4.78 is 0. The van der Waals surface area contributed by atoms with E-state index in [1.54, 1.807) is 26.0 Å². The largest absolute Gasteiger partial charge is 0.352 e. The average Bonchev–Trinajstić information content (AvgIpc) is 3.06. The smallest absolute Gasteiger partial charge is 0.241 e. The molecule has 24 heavy (non-hydrogen) atoms. The predicted octanol–water partition coefficient (Wildman–Crippen LogP) is 0.421. The van der Waals surface area contributed by atoms with Crippen molar-refractivity contribution >= 4 is 17.8 Å². The van der Waals surface area contributed by atoms with Gasteiger partial charge in [-0.15, -0.1) is 0 Å². The quantitative estimate of drug-likeness (QED) is 0.576. The Labute approximate surface area is 144 Å². The van der Waals surface area contributed by atoms with Crippen molar-refractivity contribution < 1.29 is 9.59 Å². The van der Waals surface area contributed by atoms with E-state index in [-0.39, 0.29) is 24.4 Å². The predicted molar refractivity (Wildman–Crippen MR) is 94.8 cm³/mol. The van der Waals surface area contributed by atoms with Crippen LogP contribution < -0.4 is 10.6 Å². The maximum atomic E-state index is 12.6. The van der Waals surface area contributed by atoms with Gasteiger partial charge in [0.1, 0.15) is 0 Å². The summed E-state index contributed by atoms with van der Waals surface area (Å²) in [5.41, 5.74) is 0. The van der Waals surface area contributed by atoms with Crippen LogP contribution >= 0.6 is 0 Å². The van der Waals surface area contributed by atoms with Crippen LogP contribution in [0.1, 0.15) is 38.5 Å². The maximum Gasteiger partial charge on any atom is 0.241 e. The number of carbonyl (C=O) groups excluding carboxylic acids is 2. The van der Waals surface area contributed by atoms with Crippen molar-refractivity contribution in [2.24, 2.45) is 10.9 Å². The standard InChI is InChI=1S/C17H31N5O2/c1-18-17(19-11-15(23)21(2)3)20-14-9-10-22(12-14)16(24)13-7-5-4-6-8-13/h13-14H,4-12H2,1-3H3,(H2,18,19,20). The summed E-state index contributed by atoms with van der Waals surface area (Å²) >= 11 is 0. The van der Waals surface area contributed by atoms with Gasteiger partial charge in [-0.05, 0) is 19.3 Å². The number of rotatable bonds is 4. The molecule has 136 valence electrons. The number of nitrogens with one attached hydrogen (secondary N) is 2. The van der Waals surface area contributed by atoms with Crippen molar-refractivity contribution in [3.8, 4) is 0 Å². The van der Waals surface area contributed by atoms with Gasteiger partial charge in [-0.2, -0.15) is 0 Å². The zero-order chi connectivity index (χ0) is 17.5. The van der Waals surface area contributed by atoms with Crippen molar-refractivity contribution in [2.45, 2.75) is 44.6 Å².